The summed E-state index contributed by atoms with van der Waals surface area (Å²) < 4.78 is 11.7. The first-order chi connectivity index (χ1) is 8.37. The molecule has 1 saturated carbocycles. The second kappa shape index (κ2) is 7.24. The minimum atomic E-state index is -1.17. The maximum Gasteiger partial charge on any atom is 0.232 e. The van der Waals surface area contributed by atoms with Crippen LogP contribution in [0, 0.1) is 0 Å². The summed E-state index contributed by atoms with van der Waals surface area (Å²) in [6.07, 6.45) is 7.01. The number of nitrogens with two attached hydrogens (primary N) is 1. The Bertz CT molecular complexity index is 292. The van der Waals surface area contributed by atoms with E-state index in [4.69, 9.17) is 5.73 Å². The first-order valence-electron chi connectivity index (χ1n) is 6.80. The highest BCUT2D eigenvalue weighted by molar-refractivity contribution is 7.85. The van der Waals surface area contributed by atoms with Crippen molar-refractivity contribution in [2.24, 2.45) is 5.73 Å². The largest absolute Gasteiger partial charge is 0.353 e. The van der Waals surface area contributed by atoms with Crippen molar-refractivity contribution in [3.05, 3.63) is 0 Å². The molecule has 1 aliphatic rings. The van der Waals surface area contributed by atoms with Crippen molar-refractivity contribution in [2.45, 2.75) is 64.0 Å². The first kappa shape index (κ1) is 15.6. The number of carbonyl (C=O) groups is 1. The molecule has 1 fully saturated rings. The molecule has 106 valence electrons. The summed E-state index contributed by atoms with van der Waals surface area (Å²) in [5.74, 6) is 0.354. The van der Waals surface area contributed by atoms with E-state index in [1.54, 1.807) is 0 Å². The lowest BCUT2D eigenvalue weighted by Crippen LogP contribution is -2.42. The van der Waals surface area contributed by atoms with E-state index < -0.39 is 16.3 Å². The van der Waals surface area contributed by atoms with E-state index in [1.807, 2.05) is 13.8 Å². The minimum absolute atomic E-state index is 0.0805. The second-order valence-electron chi connectivity index (χ2n) is 5.97. The van der Waals surface area contributed by atoms with E-state index in [9.17, 15) is 9.00 Å². The molecule has 5 heteroatoms. The molecule has 0 aromatic heterocycles. The van der Waals surface area contributed by atoms with E-state index in [2.05, 4.69) is 5.32 Å². The molecule has 4 nitrogen and oxygen atoms in total. The first-order valence-corrected chi connectivity index (χ1v) is 8.29. The fraction of sp³-hybridized carbons (Fsp3) is 0.923. The fourth-order valence-corrected chi connectivity index (χ4v) is 3.61. The van der Waals surface area contributed by atoms with Crippen LogP contribution in [0.15, 0.2) is 0 Å². The Morgan fingerprint density at radius 1 is 1.28 bits per heavy atom. The van der Waals surface area contributed by atoms with Gasteiger partial charge in [-0.15, -0.1) is 0 Å². The van der Waals surface area contributed by atoms with Crippen LogP contribution >= 0.6 is 0 Å². The van der Waals surface area contributed by atoms with Gasteiger partial charge in [-0.3, -0.25) is 9.00 Å². The zero-order valence-electron chi connectivity index (χ0n) is 11.5. The third kappa shape index (κ3) is 7.11. The number of carbonyl (C=O) groups excluding carboxylic acids is 1. The van der Waals surface area contributed by atoms with Gasteiger partial charge < -0.3 is 11.1 Å². The van der Waals surface area contributed by atoms with E-state index >= 15 is 0 Å². The van der Waals surface area contributed by atoms with Crippen molar-refractivity contribution >= 4 is 16.7 Å². The van der Waals surface area contributed by atoms with Gasteiger partial charge in [0, 0.05) is 28.1 Å². The number of hydrogen-bond acceptors (Lipinski definition) is 3. The molecule has 1 aliphatic carbocycles. The molecule has 1 rings (SSSR count). The van der Waals surface area contributed by atoms with Gasteiger partial charge in [-0.2, -0.15) is 0 Å². The molecule has 1 amide bonds. The van der Waals surface area contributed by atoms with Crippen LogP contribution in [0.4, 0.5) is 0 Å². The van der Waals surface area contributed by atoms with Gasteiger partial charge in [-0.25, -0.2) is 0 Å². The molecule has 1 unspecified atom stereocenters. The van der Waals surface area contributed by atoms with E-state index in [0.717, 1.165) is 12.8 Å². The summed E-state index contributed by atoms with van der Waals surface area (Å²) in [4.78, 5) is 11.8. The van der Waals surface area contributed by atoms with E-state index in [1.165, 1.54) is 25.7 Å². The maximum atomic E-state index is 11.8. The summed E-state index contributed by atoms with van der Waals surface area (Å²) in [6.45, 7) is 3.65. The van der Waals surface area contributed by atoms with Gasteiger partial charge in [-0.05, 0) is 26.7 Å². The molecule has 1 atom stereocenters. The smallest absolute Gasteiger partial charge is 0.232 e. The number of hydrogen-bond donors (Lipinski definition) is 2. The van der Waals surface area contributed by atoms with Crippen LogP contribution in [0.5, 0.6) is 0 Å². The average Bonchev–Trinajstić information content (AvgIpc) is 2.42. The zero-order valence-corrected chi connectivity index (χ0v) is 12.4. The minimum Gasteiger partial charge on any atom is -0.353 e. The van der Waals surface area contributed by atoms with Gasteiger partial charge in [0.1, 0.15) is 5.75 Å². The van der Waals surface area contributed by atoms with Gasteiger partial charge in [0.2, 0.25) is 5.91 Å². The van der Waals surface area contributed by atoms with Crippen LogP contribution in [-0.2, 0) is 15.6 Å². The third-order valence-corrected chi connectivity index (χ3v) is 4.70. The Balaban J connectivity index is 2.29. The lowest BCUT2D eigenvalue weighted by Gasteiger charge is -2.19. The lowest BCUT2D eigenvalue weighted by atomic mass is 10.1. The van der Waals surface area contributed by atoms with Crippen LogP contribution in [-0.4, -0.2) is 33.2 Å². The van der Waals surface area contributed by atoms with Crippen molar-refractivity contribution < 1.29 is 9.00 Å². The fourth-order valence-electron chi connectivity index (χ4n) is 2.31. The summed E-state index contributed by atoms with van der Waals surface area (Å²) in [5, 5.41) is 3.00. The molecule has 3 N–H and O–H groups in total. The number of amides is 1. The predicted molar refractivity (Wildman–Crippen MR) is 75.8 cm³/mol. The Labute approximate surface area is 113 Å². The van der Waals surface area contributed by atoms with Gasteiger partial charge in [0.05, 0.1) is 0 Å². The summed E-state index contributed by atoms with van der Waals surface area (Å²) >= 11 is 0. The lowest BCUT2D eigenvalue weighted by molar-refractivity contribution is -0.119. The monoisotopic (exact) mass is 274 g/mol. The standard InChI is InChI=1S/C13H26N2O2S/c1-13(2,14)10-18(17)9-12(16)15-11-7-5-3-4-6-8-11/h11H,3-10,14H2,1-2H3,(H,15,16). The molecule has 0 aromatic rings. The van der Waals surface area contributed by atoms with Gasteiger partial charge in [0.25, 0.3) is 0 Å². The van der Waals surface area contributed by atoms with Crippen LogP contribution in [0.3, 0.4) is 0 Å². The quantitative estimate of drug-likeness (QED) is 0.743. The molecular weight excluding hydrogens is 248 g/mol. The molecule has 0 saturated heterocycles. The highest BCUT2D eigenvalue weighted by Crippen LogP contribution is 2.17. The van der Waals surface area contributed by atoms with Crippen LogP contribution in [0.1, 0.15) is 52.4 Å². The highest BCUT2D eigenvalue weighted by atomic mass is 32.2. The molecule has 0 spiro atoms. The summed E-state index contributed by atoms with van der Waals surface area (Å²) in [7, 11) is -1.17. The maximum absolute atomic E-state index is 11.8. The molecule has 18 heavy (non-hydrogen) atoms. The number of rotatable bonds is 5. The molecule has 0 heterocycles. The van der Waals surface area contributed by atoms with Gasteiger partial charge in [-0.1, -0.05) is 25.7 Å². The molecule has 0 aliphatic heterocycles. The third-order valence-electron chi connectivity index (χ3n) is 3.05. The Kier molecular flexibility index (Phi) is 6.29. The van der Waals surface area contributed by atoms with Crippen molar-refractivity contribution in [2.75, 3.05) is 11.5 Å². The average molecular weight is 274 g/mol. The molecule has 0 bridgehead atoms. The molecule has 0 radical (unpaired) electrons. The van der Waals surface area contributed by atoms with Crippen LogP contribution in [0.2, 0.25) is 0 Å². The normalized spacial score (nSPS) is 20.2. The van der Waals surface area contributed by atoms with Crippen molar-refractivity contribution in [1.29, 1.82) is 0 Å². The Hall–Kier alpha value is -0.420. The Morgan fingerprint density at radius 2 is 1.83 bits per heavy atom. The Morgan fingerprint density at radius 3 is 2.33 bits per heavy atom. The predicted octanol–water partition coefficient (Wildman–Crippen LogP) is 1.31. The van der Waals surface area contributed by atoms with Crippen molar-refractivity contribution in [1.82, 2.24) is 5.32 Å². The van der Waals surface area contributed by atoms with E-state index in [0.29, 0.717) is 5.75 Å². The second-order valence-corrected chi connectivity index (χ2v) is 7.43. The zero-order chi connectivity index (χ0) is 13.6. The van der Waals surface area contributed by atoms with E-state index in [-0.39, 0.29) is 17.7 Å². The molecule has 0 aromatic carbocycles. The summed E-state index contributed by atoms with van der Waals surface area (Å²) in [5.41, 5.74) is 5.31. The number of nitrogens with one attached hydrogen (secondary N) is 1. The SMILES string of the molecule is CC(C)(N)CS(=O)CC(=O)NC1CCCCCC1. The topological polar surface area (TPSA) is 72.2 Å². The van der Waals surface area contributed by atoms with Gasteiger partial charge >= 0.3 is 0 Å². The van der Waals surface area contributed by atoms with Crippen molar-refractivity contribution in [3.8, 4) is 0 Å². The van der Waals surface area contributed by atoms with Crippen LogP contribution < -0.4 is 11.1 Å². The molecular formula is C13H26N2O2S. The van der Waals surface area contributed by atoms with Gasteiger partial charge in [0.15, 0.2) is 0 Å². The van der Waals surface area contributed by atoms with Crippen molar-refractivity contribution in [3.63, 3.8) is 0 Å². The highest BCUT2D eigenvalue weighted by Gasteiger charge is 2.19. The summed E-state index contributed by atoms with van der Waals surface area (Å²) in [6, 6.07) is 0.280. The van der Waals surface area contributed by atoms with Crippen LogP contribution in [0.25, 0.3) is 0 Å².